The van der Waals surface area contributed by atoms with E-state index >= 15 is 0 Å². The molecule has 0 radical (unpaired) electrons. The van der Waals surface area contributed by atoms with Gasteiger partial charge in [-0.25, -0.2) is 9.80 Å². The van der Waals surface area contributed by atoms with Crippen LogP contribution < -0.4 is 21.1 Å². The third kappa shape index (κ3) is 5.28. The van der Waals surface area contributed by atoms with E-state index in [1.807, 2.05) is 0 Å². The van der Waals surface area contributed by atoms with E-state index in [0.717, 1.165) is 0 Å². The van der Waals surface area contributed by atoms with E-state index in [4.69, 9.17) is 25.5 Å². The minimum absolute atomic E-state index is 0.0148. The number of aliphatic hydroxyl groups excluding tert-OH is 1. The zero-order valence-corrected chi connectivity index (χ0v) is 17.0. The van der Waals surface area contributed by atoms with Crippen molar-refractivity contribution in [2.45, 2.75) is 13.0 Å². The molecule has 1 fully saturated rings. The highest BCUT2D eigenvalue weighted by Gasteiger charge is 2.23. The molecule has 0 saturated carbocycles. The Bertz CT molecular complexity index is 988. The van der Waals surface area contributed by atoms with Crippen LogP contribution in [0.3, 0.4) is 0 Å². The van der Waals surface area contributed by atoms with E-state index in [-0.39, 0.29) is 10.6 Å². The number of aliphatic hydroxyl groups is 1. The van der Waals surface area contributed by atoms with Crippen LogP contribution in [0.25, 0.3) is 11.0 Å². The Hall–Kier alpha value is -2.66. The summed E-state index contributed by atoms with van der Waals surface area (Å²) in [5, 5.41) is 14.2. The summed E-state index contributed by atoms with van der Waals surface area (Å²) in [6, 6.07) is 3.62. The number of hydrogen-bond acceptors (Lipinski definition) is 8. The average Bonchev–Trinajstić information content (AvgIpc) is 2.75. The van der Waals surface area contributed by atoms with Gasteiger partial charge in [-0.15, -0.1) is 0 Å². The highest BCUT2D eigenvalue weighted by atomic mass is 35.5. The van der Waals surface area contributed by atoms with Crippen molar-refractivity contribution in [3.8, 4) is 5.75 Å². The zero-order valence-electron chi connectivity index (χ0n) is 16.3. The zero-order chi connectivity index (χ0) is 21.7. The number of ether oxygens (including phenoxy) is 2. The van der Waals surface area contributed by atoms with Gasteiger partial charge in [-0.05, 0) is 24.6 Å². The van der Waals surface area contributed by atoms with Gasteiger partial charge in [-0.3, -0.25) is 15.0 Å². The Morgan fingerprint density at radius 3 is 2.77 bits per heavy atom. The van der Waals surface area contributed by atoms with Crippen molar-refractivity contribution < 1.29 is 28.6 Å². The van der Waals surface area contributed by atoms with Gasteiger partial charge in [-0.2, -0.15) is 0 Å². The molecule has 30 heavy (non-hydrogen) atoms. The number of carbonyl (C=O) groups is 2. The molecule has 2 aromatic rings. The number of nitrogens with zero attached hydrogens (tertiary/aromatic N) is 1. The number of fused-ring (bicyclic) bond motifs is 1. The summed E-state index contributed by atoms with van der Waals surface area (Å²) in [7, 11) is 0. The van der Waals surface area contributed by atoms with Gasteiger partial charge in [0.25, 0.3) is 11.8 Å². The van der Waals surface area contributed by atoms with Crippen LogP contribution in [0.15, 0.2) is 27.4 Å². The van der Waals surface area contributed by atoms with Gasteiger partial charge in [-0.1, -0.05) is 11.6 Å². The number of nitrogens with one attached hydrogen (secondary N) is 2. The normalized spacial score (nSPS) is 15.6. The Balaban J connectivity index is 1.57. The third-order valence-corrected chi connectivity index (χ3v) is 4.99. The molecule has 162 valence electrons. The molecule has 1 aromatic carbocycles. The summed E-state index contributed by atoms with van der Waals surface area (Å²) in [5.74, 6) is -0.839. The summed E-state index contributed by atoms with van der Waals surface area (Å²) in [4.78, 5) is 36.1. The Labute approximate surface area is 176 Å². The summed E-state index contributed by atoms with van der Waals surface area (Å²) in [5.41, 5.74) is 2.83. The molecule has 1 saturated heterocycles. The lowest BCUT2D eigenvalue weighted by molar-refractivity contribution is -0.135. The smallest absolute Gasteiger partial charge is 0.355 e. The number of benzene rings is 1. The molecule has 0 unspecified atom stereocenters. The van der Waals surface area contributed by atoms with Gasteiger partial charge in [0.1, 0.15) is 22.4 Å². The molecule has 10 nitrogen and oxygen atoms in total. The SMILES string of the molecule is Cc1c(Cl)c(=O)oc2cc(OCC(=O)N[C@@H](CO)C(=O)NN3CCOCC3)ccc12. The van der Waals surface area contributed by atoms with Gasteiger partial charge in [0.15, 0.2) is 6.61 Å². The molecular formula is C19H22ClN3O7. The number of aryl methyl sites for hydroxylation is 1. The number of amides is 2. The molecule has 0 spiro atoms. The minimum Gasteiger partial charge on any atom is -0.484 e. The summed E-state index contributed by atoms with van der Waals surface area (Å²) < 4.78 is 15.7. The summed E-state index contributed by atoms with van der Waals surface area (Å²) in [6.07, 6.45) is 0. The quantitative estimate of drug-likeness (QED) is 0.513. The van der Waals surface area contributed by atoms with Gasteiger partial charge >= 0.3 is 5.63 Å². The second kappa shape index (κ2) is 9.90. The molecule has 2 heterocycles. The fourth-order valence-electron chi connectivity index (χ4n) is 2.89. The van der Waals surface area contributed by atoms with Crippen LogP contribution >= 0.6 is 11.6 Å². The molecule has 1 aromatic heterocycles. The topological polar surface area (TPSA) is 130 Å². The number of morpholine rings is 1. The number of hydrazine groups is 1. The summed E-state index contributed by atoms with van der Waals surface area (Å²) in [6.45, 7) is 2.75. The van der Waals surface area contributed by atoms with E-state index in [2.05, 4.69) is 10.7 Å². The van der Waals surface area contributed by atoms with Crippen LogP contribution in [0.4, 0.5) is 0 Å². The molecule has 1 atom stereocenters. The maximum atomic E-state index is 12.2. The molecule has 3 rings (SSSR count). The standard InChI is InChI=1S/C19H22ClN3O7/c1-11-13-3-2-12(8-15(13)30-19(27)17(11)20)29-10-16(25)21-14(9-24)18(26)22-23-4-6-28-7-5-23/h2-3,8,14,24H,4-7,9-10H2,1H3,(H,21,25)(H,22,26)/t14-/m0/s1. The number of rotatable bonds is 7. The van der Waals surface area contributed by atoms with Gasteiger partial charge in [0.05, 0.1) is 19.8 Å². The van der Waals surface area contributed by atoms with Crippen LogP contribution in [0, 0.1) is 6.92 Å². The maximum absolute atomic E-state index is 12.2. The predicted octanol–water partition coefficient (Wildman–Crippen LogP) is -0.0259. The van der Waals surface area contributed by atoms with Crippen molar-refractivity contribution in [1.29, 1.82) is 0 Å². The lowest BCUT2D eigenvalue weighted by Crippen LogP contribution is -2.56. The summed E-state index contributed by atoms with van der Waals surface area (Å²) >= 11 is 5.90. The lowest BCUT2D eigenvalue weighted by Gasteiger charge is -2.28. The molecule has 3 N–H and O–H groups in total. The third-order valence-electron chi connectivity index (χ3n) is 4.55. The molecular weight excluding hydrogens is 418 g/mol. The van der Waals surface area contributed by atoms with Crippen LogP contribution in [0.1, 0.15) is 5.56 Å². The minimum atomic E-state index is -1.12. The molecule has 1 aliphatic rings. The van der Waals surface area contributed by atoms with Crippen molar-refractivity contribution >= 4 is 34.4 Å². The van der Waals surface area contributed by atoms with Crippen LogP contribution in [0.2, 0.25) is 5.02 Å². The fraction of sp³-hybridized carbons (Fsp3) is 0.421. The van der Waals surface area contributed by atoms with Crippen molar-refractivity contribution in [2.24, 2.45) is 0 Å². The lowest BCUT2D eigenvalue weighted by atomic mass is 10.1. The molecule has 0 aliphatic carbocycles. The van der Waals surface area contributed by atoms with E-state index in [1.54, 1.807) is 24.1 Å². The largest absolute Gasteiger partial charge is 0.484 e. The average molecular weight is 440 g/mol. The highest BCUT2D eigenvalue weighted by Crippen LogP contribution is 2.25. The fourth-order valence-corrected chi connectivity index (χ4v) is 3.03. The first-order valence-corrected chi connectivity index (χ1v) is 9.66. The van der Waals surface area contributed by atoms with Crippen LogP contribution in [-0.4, -0.2) is 67.5 Å². The second-order valence-electron chi connectivity index (χ2n) is 6.65. The molecule has 11 heteroatoms. The van der Waals surface area contributed by atoms with E-state index in [9.17, 15) is 19.5 Å². The van der Waals surface area contributed by atoms with Crippen LogP contribution in [-0.2, 0) is 14.3 Å². The Morgan fingerprint density at radius 2 is 2.07 bits per heavy atom. The number of halogens is 1. The van der Waals surface area contributed by atoms with E-state index < -0.39 is 36.7 Å². The first kappa shape index (κ1) is 22.0. The molecule has 0 bridgehead atoms. The predicted molar refractivity (Wildman–Crippen MR) is 107 cm³/mol. The Morgan fingerprint density at radius 1 is 1.33 bits per heavy atom. The first-order valence-electron chi connectivity index (χ1n) is 9.28. The molecule has 1 aliphatic heterocycles. The van der Waals surface area contributed by atoms with E-state index in [1.165, 1.54) is 6.07 Å². The second-order valence-corrected chi connectivity index (χ2v) is 7.03. The van der Waals surface area contributed by atoms with E-state index in [0.29, 0.717) is 43.0 Å². The van der Waals surface area contributed by atoms with Crippen molar-refractivity contribution in [1.82, 2.24) is 15.8 Å². The van der Waals surface area contributed by atoms with Crippen molar-refractivity contribution in [2.75, 3.05) is 39.5 Å². The van der Waals surface area contributed by atoms with Gasteiger partial charge < -0.3 is 24.3 Å². The van der Waals surface area contributed by atoms with Crippen LogP contribution in [0.5, 0.6) is 5.75 Å². The van der Waals surface area contributed by atoms with Gasteiger partial charge in [0.2, 0.25) is 0 Å². The van der Waals surface area contributed by atoms with Crippen molar-refractivity contribution in [3.05, 3.63) is 39.2 Å². The van der Waals surface area contributed by atoms with Gasteiger partial charge in [0, 0.05) is 24.5 Å². The number of hydrogen-bond donors (Lipinski definition) is 3. The van der Waals surface area contributed by atoms with Crippen molar-refractivity contribution in [3.63, 3.8) is 0 Å². The maximum Gasteiger partial charge on any atom is 0.355 e. The monoisotopic (exact) mass is 439 g/mol. The first-order chi connectivity index (χ1) is 14.4. The molecule has 2 amide bonds. The highest BCUT2D eigenvalue weighted by molar-refractivity contribution is 6.31. The Kier molecular flexibility index (Phi) is 7.27. The number of carbonyl (C=O) groups excluding carboxylic acids is 2.